The molecule has 1 unspecified atom stereocenters. The van der Waals surface area contributed by atoms with Crippen molar-refractivity contribution < 1.29 is 13.6 Å². The number of nitriles is 1. The number of carbonyl (C=O) groups excluding carboxylic acids is 1. The molecule has 1 aromatic rings. The summed E-state index contributed by atoms with van der Waals surface area (Å²) in [6.45, 7) is 0.850. The molecule has 0 radical (unpaired) electrons. The maximum absolute atomic E-state index is 13.0. The van der Waals surface area contributed by atoms with Gasteiger partial charge >= 0.3 is 0 Å². The maximum Gasteiger partial charge on any atom is 0.254 e. The van der Waals surface area contributed by atoms with Crippen LogP contribution in [0.1, 0.15) is 23.2 Å². The molecule has 0 bridgehead atoms. The molecule has 0 aliphatic carbocycles. The average Bonchev–Trinajstić information content (AvgIpc) is 2.37. The Balaban J connectivity index is 2.18. The zero-order valence-corrected chi connectivity index (χ0v) is 9.70. The molecule has 1 aliphatic heterocycles. The van der Waals surface area contributed by atoms with Crippen LogP contribution in [0.4, 0.5) is 8.78 Å². The van der Waals surface area contributed by atoms with Crippen LogP contribution in [0.25, 0.3) is 0 Å². The van der Waals surface area contributed by atoms with E-state index < -0.39 is 17.5 Å². The van der Waals surface area contributed by atoms with E-state index in [9.17, 15) is 13.6 Å². The van der Waals surface area contributed by atoms with E-state index in [1.807, 2.05) is 0 Å². The predicted molar refractivity (Wildman–Crippen MR) is 60.6 cm³/mol. The van der Waals surface area contributed by atoms with Crippen molar-refractivity contribution in [3.05, 3.63) is 35.4 Å². The lowest BCUT2D eigenvalue weighted by atomic mass is 9.99. The standard InChI is InChI=1S/C13H12F2N2O/c14-11-4-10(5-12(15)6-11)13(18)17-3-1-2-9(7-16)8-17/h4-6,9H,1-3,8H2. The van der Waals surface area contributed by atoms with Gasteiger partial charge in [-0.1, -0.05) is 0 Å². The number of amides is 1. The van der Waals surface area contributed by atoms with Crippen LogP contribution in [0.15, 0.2) is 18.2 Å². The summed E-state index contributed by atoms with van der Waals surface area (Å²) in [5.74, 6) is -2.16. The number of likely N-dealkylation sites (tertiary alicyclic amines) is 1. The molecular weight excluding hydrogens is 238 g/mol. The molecule has 1 fully saturated rings. The number of hydrogen-bond donors (Lipinski definition) is 0. The molecule has 1 saturated heterocycles. The van der Waals surface area contributed by atoms with Crippen molar-refractivity contribution >= 4 is 5.91 Å². The summed E-state index contributed by atoms with van der Waals surface area (Å²) >= 11 is 0. The van der Waals surface area contributed by atoms with Gasteiger partial charge in [-0.2, -0.15) is 5.26 Å². The number of nitrogens with zero attached hydrogens (tertiary/aromatic N) is 2. The average molecular weight is 250 g/mol. The van der Waals surface area contributed by atoms with E-state index >= 15 is 0 Å². The van der Waals surface area contributed by atoms with E-state index in [2.05, 4.69) is 6.07 Å². The van der Waals surface area contributed by atoms with Crippen molar-refractivity contribution in [3.63, 3.8) is 0 Å². The lowest BCUT2D eigenvalue weighted by Gasteiger charge is -2.29. The highest BCUT2D eigenvalue weighted by Gasteiger charge is 2.24. The largest absolute Gasteiger partial charge is 0.337 e. The van der Waals surface area contributed by atoms with E-state index in [0.29, 0.717) is 13.1 Å². The number of piperidine rings is 1. The highest BCUT2D eigenvalue weighted by atomic mass is 19.1. The summed E-state index contributed by atoms with van der Waals surface area (Å²) in [6.07, 6.45) is 1.50. The van der Waals surface area contributed by atoms with Gasteiger partial charge in [0.1, 0.15) is 11.6 Å². The van der Waals surface area contributed by atoms with Crippen molar-refractivity contribution in [1.82, 2.24) is 4.90 Å². The van der Waals surface area contributed by atoms with Gasteiger partial charge in [-0.3, -0.25) is 4.79 Å². The highest BCUT2D eigenvalue weighted by Crippen LogP contribution is 2.18. The normalized spacial score (nSPS) is 19.4. The van der Waals surface area contributed by atoms with E-state index in [0.717, 1.165) is 31.0 Å². The molecule has 1 atom stereocenters. The molecule has 0 N–H and O–H groups in total. The summed E-state index contributed by atoms with van der Waals surface area (Å²) in [5.41, 5.74) is -0.00825. The van der Waals surface area contributed by atoms with Gasteiger partial charge < -0.3 is 4.90 Å². The molecule has 0 saturated carbocycles. The Labute approximate surface area is 104 Å². The van der Waals surface area contributed by atoms with Gasteiger partial charge in [-0.25, -0.2) is 8.78 Å². The molecule has 1 aliphatic rings. The fourth-order valence-electron chi connectivity index (χ4n) is 2.13. The number of hydrogen-bond acceptors (Lipinski definition) is 2. The molecule has 2 rings (SSSR count). The zero-order valence-electron chi connectivity index (χ0n) is 9.70. The summed E-state index contributed by atoms with van der Waals surface area (Å²) in [5, 5.41) is 8.84. The Kier molecular flexibility index (Phi) is 3.56. The Morgan fingerprint density at radius 1 is 1.33 bits per heavy atom. The number of rotatable bonds is 1. The molecule has 1 heterocycles. The third kappa shape index (κ3) is 2.65. The minimum atomic E-state index is -0.771. The van der Waals surface area contributed by atoms with E-state index in [4.69, 9.17) is 5.26 Å². The molecule has 1 aromatic carbocycles. The van der Waals surface area contributed by atoms with Gasteiger partial charge in [0.25, 0.3) is 5.91 Å². The third-order valence-electron chi connectivity index (χ3n) is 3.00. The second-order valence-corrected chi connectivity index (χ2v) is 4.38. The number of halogens is 2. The predicted octanol–water partition coefficient (Wildman–Crippen LogP) is 2.34. The van der Waals surface area contributed by atoms with Gasteiger partial charge in [-0.15, -0.1) is 0 Å². The van der Waals surface area contributed by atoms with Crippen LogP contribution in [-0.2, 0) is 0 Å². The molecular formula is C13H12F2N2O. The Bertz CT molecular complexity index is 490. The monoisotopic (exact) mass is 250 g/mol. The molecule has 0 spiro atoms. The van der Waals surface area contributed by atoms with Crippen molar-refractivity contribution in [1.29, 1.82) is 5.26 Å². The van der Waals surface area contributed by atoms with Crippen LogP contribution < -0.4 is 0 Å². The van der Waals surface area contributed by atoms with Crippen molar-refractivity contribution in [2.45, 2.75) is 12.8 Å². The number of carbonyl (C=O) groups is 1. The van der Waals surface area contributed by atoms with Crippen LogP contribution >= 0.6 is 0 Å². The zero-order chi connectivity index (χ0) is 13.1. The van der Waals surface area contributed by atoms with Crippen LogP contribution in [0.5, 0.6) is 0 Å². The molecule has 94 valence electrons. The van der Waals surface area contributed by atoms with Crippen molar-refractivity contribution in [3.8, 4) is 6.07 Å². The smallest absolute Gasteiger partial charge is 0.254 e. The van der Waals surface area contributed by atoms with Crippen LogP contribution in [0.2, 0.25) is 0 Å². The first-order chi connectivity index (χ1) is 8.60. The Morgan fingerprint density at radius 3 is 2.61 bits per heavy atom. The molecule has 0 aromatic heterocycles. The van der Waals surface area contributed by atoms with Crippen molar-refractivity contribution in [2.75, 3.05) is 13.1 Å². The fraction of sp³-hybridized carbons (Fsp3) is 0.385. The molecule has 5 heteroatoms. The first-order valence-corrected chi connectivity index (χ1v) is 5.75. The topological polar surface area (TPSA) is 44.1 Å². The van der Waals surface area contributed by atoms with Crippen LogP contribution in [-0.4, -0.2) is 23.9 Å². The fourth-order valence-corrected chi connectivity index (χ4v) is 2.13. The van der Waals surface area contributed by atoms with Gasteiger partial charge in [0, 0.05) is 24.7 Å². The molecule has 3 nitrogen and oxygen atoms in total. The summed E-state index contributed by atoms with van der Waals surface area (Å²) < 4.78 is 26.1. The first-order valence-electron chi connectivity index (χ1n) is 5.75. The van der Waals surface area contributed by atoms with Crippen LogP contribution in [0, 0.1) is 28.9 Å². The second-order valence-electron chi connectivity index (χ2n) is 4.38. The van der Waals surface area contributed by atoms with Gasteiger partial charge in [0.15, 0.2) is 0 Å². The molecule has 1 amide bonds. The highest BCUT2D eigenvalue weighted by molar-refractivity contribution is 5.94. The number of benzene rings is 1. The lowest BCUT2D eigenvalue weighted by molar-refractivity contribution is 0.0697. The summed E-state index contributed by atoms with van der Waals surface area (Å²) in [7, 11) is 0. The minimum absolute atomic E-state index is 0.00825. The summed E-state index contributed by atoms with van der Waals surface area (Å²) in [6, 6.07) is 4.88. The van der Waals surface area contributed by atoms with E-state index in [1.165, 1.54) is 4.90 Å². The molecule has 18 heavy (non-hydrogen) atoms. The summed E-state index contributed by atoms with van der Waals surface area (Å²) in [4.78, 5) is 13.5. The Hall–Kier alpha value is -1.96. The van der Waals surface area contributed by atoms with E-state index in [-0.39, 0.29) is 11.5 Å². The third-order valence-corrected chi connectivity index (χ3v) is 3.00. The van der Waals surface area contributed by atoms with Crippen molar-refractivity contribution in [2.24, 2.45) is 5.92 Å². The lowest BCUT2D eigenvalue weighted by Crippen LogP contribution is -2.39. The Morgan fingerprint density at radius 2 is 2.00 bits per heavy atom. The quantitative estimate of drug-likeness (QED) is 0.767. The minimum Gasteiger partial charge on any atom is -0.337 e. The van der Waals surface area contributed by atoms with Gasteiger partial charge in [0.05, 0.1) is 12.0 Å². The van der Waals surface area contributed by atoms with Gasteiger partial charge in [0.2, 0.25) is 0 Å². The van der Waals surface area contributed by atoms with Crippen LogP contribution in [0.3, 0.4) is 0 Å². The SMILES string of the molecule is N#CC1CCCN(C(=O)c2cc(F)cc(F)c2)C1. The van der Waals surface area contributed by atoms with Gasteiger partial charge in [-0.05, 0) is 25.0 Å². The second kappa shape index (κ2) is 5.13. The first kappa shape index (κ1) is 12.5. The maximum atomic E-state index is 13.0. The van der Waals surface area contributed by atoms with E-state index in [1.54, 1.807) is 0 Å².